The molecule has 0 N–H and O–H groups in total. The molecule has 180 valence electrons. The smallest absolute Gasteiger partial charge is 0.319 e. The molecule has 0 bridgehead atoms. The van der Waals surface area contributed by atoms with E-state index < -0.39 is 7.82 Å². The van der Waals surface area contributed by atoms with Crippen molar-refractivity contribution in [3.63, 3.8) is 0 Å². The first-order valence-corrected chi connectivity index (χ1v) is 12.8. The third-order valence-electron chi connectivity index (χ3n) is 4.81. The number of phosphoric acid groups is 1. The second kappa shape index (κ2) is 16.0. The molecule has 0 aliphatic heterocycles. The highest BCUT2D eigenvalue weighted by molar-refractivity contribution is 7.45. The topological polar surface area (TPSA) is 82.1 Å². The van der Waals surface area contributed by atoms with Gasteiger partial charge in [0.1, 0.15) is 13.2 Å². The molecule has 8 nitrogen and oxygen atoms in total. The van der Waals surface area contributed by atoms with Crippen molar-refractivity contribution < 1.29 is 27.8 Å². The molecule has 30 heavy (non-hydrogen) atoms. The Morgan fingerprint density at radius 3 is 1.87 bits per heavy atom. The molecule has 1 atom stereocenters. The van der Waals surface area contributed by atoms with Crippen LogP contribution in [0.3, 0.4) is 0 Å². The van der Waals surface area contributed by atoms with Crippen LogP contribution in [0.15, 0.2) is 0 Å². The molecule has 0 aromatic heterocycles. The highest BCUT2D eigenvalue weighted by atomic mass is 31.2. The van der Waals surface area contributed by atoms with Gasteiger partial charge in [-0.2, -0.15) is 0 Å². The van der Waals surface area contributed by atoms with Gasteiger partial charge in [0, 0.05) is 27.2 Å². The number of hydrogen-bond acceptors (Lipinski definition) is 5. The molecule has 0 aromatic rings. The van der Waals surface area contributed by atoms with Gasteiger partial charge in [0.2, 0.25) is 0 Å². The predicted octanol–water partition coefficient (Wildman–Crippen LogP) is 3.71. The Morgan fingerprint density at radius 2 is 1.37 bits per heavy atom. The molecule has 0 heterocycles. The van der Waals surface area contributed by atoms with Crippen molar-refractivity contribution in [3.8, 4) is 0 Å². The maximum absolute atomic E-state index is 12.4. The van der Waals surface area contributed by atoms with E-state index in [0.717, 1.165) is 12.8 Å². The third-order valence-corrected chi connectivity index (χ3v) is 5.80. The molecule has 0 aliphatic rings. The lowest BCUT2D eigenvalue weighted by atomic mass is 10.1. The summed E-state index contributed by atoms with van der Waals surface area (Å²) in [6.45, 7) is 3.58. The molecule has 0 rings (SSSR count). The number of quaternary nitrogens is 1. The van der Waals surface area contributed by atoms with Crippen LogP contribution in [0.4, 0.5) is 4.79 Å². The Hall–Kier alpha value is -0.660. The van der Waals surface area contributed by atoms with Crippen LogP contribution in [-0.2, 0) is 13.6 Å². The summed E-state index contributed by atoms with van der Waals surface area (Å²) in [4.78, 5) is 27.4. The van der Waals surface area contributed by atoms with E-state index in [4.69, 9.17) is 9.05 Å². The number of nitrogens with zero attached hydrogens (tertiary/aromatic N) is 3. The monoisotopic (exact) mass is 451 g/mol. The fraction of sp³-hybridized carbons (Fsp3) is 0.952. The highest BCUT2D eigenvalue weighted by Gasteiger charge is 2.17. The van der Waals surface area contributed by atoms with Crippen molar-refractivity contribution in [2.75, 3.05) is 68.1 Å². The number of rotatable bonds is 18. The summed E-state index contributed by atoms with van der Waals surface area (Å²) in [5, 5.41) is 0. The van der Waals surface area contributed by atoms with E-state index in [0.29, 0.717) is 17.6 Å². The van der Waals surface area contributed by atoms with Crippen molar-refractivity contribution in [2.24, 2.45) is 0 Å². The van der Waals surface area contributed by atoms with Gasteiger partial charge in [0.15, 0.2) is 0 Å². The van der Waals surface area contributed by atoms with E-state index in [1.54, 1.807) is 19.0 Å². The predicted molar refractivity (Wildman–Crippen MR) is 120 cm³/mol. The standard InChI is InChI=1S/C21H46N3O5P/c1-7-8-9-10-11-12-13-14-15-16-23(21(25)22(2)3)17-19-28-30(26,27)29-20-18-24(4,5)6/h7-20H2,1-6H3. The van der Waals surface area contributed by atoms with Crippen LogP contribution in [0.2, 0.25) is 0 Å². The lowest BCUT2D eigenvalue weighted by Gasteiger charge is -2.29. The van der Waals surface area contributed by atoms with Gasteiger partial charge in [-0.05, 0) is 6.42 Å². The Labute approximate surface area is 184 Å². The van der Waals surface area contributed by atoms with Crippen molar-refractivity contribution >= 4 is 13.9 Å². The summed E-state index contributed by atoms with van der Waals surface area (Å²) in [5.74, 6) is 0. The molecular formula is C21H46N3O5P. The largest absolute Gasteiger partial charge is 0.756 e. The third kappa shape index (κ3) is 17.1. The van der Waals surface area contributed by atoms with Crippen molar-refractivity contribution in [1.29, 1.82) is 0 Å². The lowest BCUT2D eigenvalue weighted by Crippen LogP contribution is -2.41. The molecule has 0 fully saturated rings. The lowest BCUT2D eigenvalue weighted by molar-refractivity contribution is -0.870. The summed E-state index contributed by atoms with van der Waals surface area (Å²) < 4.78 is 22.4. The molecule has 0 radical (unpaired) electrons. The summed E-state index contributed by atoms with van der Waals surface area (Å²) >= 11 is 0. The summed E-state index contributed by atoms with van der Waals surface area (Å²) in [7, 11) is 4.90. The SMILES string of the molecule is CCCCCCCCCCCN(CCOP(=O)([O-])OCC[N+](C)(C)C)C(=O)N(C)C. The molecule has 0 aromatic carbocycles. The van der Waals surface area contributed by atoms with E-state index >= 15 is 0 Å². The van der Waals surface area contributed by atoms with Gasteiger partial charge in [0.05, 0.1) is 27.7 Å². The molecule has 1 unspecified atom stereocenters. The van der Waals surface area contributed by atoms with Gasteiger partial charge in [-0.3, -0.25) is 4.57 Å². The van der Waals surface area contributed by atoms with E-state index in [1.807, 2.05) is 21.1 Å². The van der Waals surface area contributed by atoms with Gasteiger partial charge in [-0.25, -0.2) is 4.79 Å². The Kier molecular flexibility index (Phi) is 15.7. The normalized spacial score (nSPS) is 13.8. The van der Waals surface area contributed by atoms with Gasteiger partial charge in [0.25, 0.3) is 7.82 Å². The van der Waals surface area contributed by atoms with Crippen LogP contribution >= 0.6 is 7.82 Å². The summed E-state index contributed by atoms with van der Waals surface area (Å²) in [5.41, 5.74) is 0. The Balaban J connectivity index is 4.19. The average molecular weight is 452 g/mol. The highest BCUT2D eigenvalue weighted by Crippen LogP contribution is 2.37. The fourth-order valence-electron chi connectivity index (χ4n) is 2.93. The number of carbonyl (C=O) groups excluding carboxylic acids is 1. The minimum Gasteiger partial charge on any atom is -0.756 e. The van der Waals surface area contributed by atoms with Crippen molar-refractivity contribution in [2.45, 2.75) is 64.7 Å². The zero-order chi connectivity index (χ0) is 23.0. The minimum absolute atomic E-state index is 0.0725. The first kappa shape index (κ1) is 29.3. The van der Waals surface area contributed by atoms with Crippen LogP contribution in [0.5, 0.6) is 0 Å². The van der Waals surface area contributed by atoms with Gasteiger partial charge in [-0.15, -0.1) is 0 Å². The van der Waals surface area contributed by atoms with E-state index in [9.17, 15) is 14.3 Å². The van der Waals surface area contributed by atoms with Gasteiger partial charge < -0.3 is 28.2 Å². The van der Waals surface area contributed by atoms with E-state index in [1.165, 1.54) is 49.8 Å². The fourth-order valence-corrected chi connectivity index (χ4v) is 3.61. The molecule has 0 aliphatic carbocycles. The zero-order valence-electron chi connectivity index (χ0n) is 20.2. The Morgan fingerprint density at radius 1 is 0.867 bits per heavy atom. The van der Waals surface area contributed by atoms with E-state index in [-0.39, 0.29) is 25.8 Å². The van der Waals surface area contributed by atoms with Crippen LogP contribution in [0.1, 0.15) is 64.7 Å². The number of hydrogen-bond donors (Lipinski definition) is 0. The Bertz CT molecular complexity index is 498. The van der Waals surface area contributed by atoms with E-state index in [2.05, 4.69) is 6.92 Å². The molecule has 0 saturated carbocycles. The molecular weight excluding hydrogens is 405 g/mol. The first-order valence-electron chi connectivity index (χ1n) is 11.4. The van der Waals surface area contributed by atoms with Crippen molar-refractivity contribution in [3.05, 3.63) is 0 Å². The quantitative estimate of drug-likeness (QED) is 0.180. The number of carbonyl (C=O) groups is 1. The number of unbranched alkanes of at least 4 members (excludes halogenated alkanes) is 8. The van der Waals surface area contributed by atoms with Gasteiger partial charge in [-0.1, -0.05) is 58.3 Å². The van der Waals surface area contributed by atoms with Gasteiger partial charge >= 0.3 is 6.03 Å². The maximum Gasteiger partial charge on any atom is 0.319 e. The second-order valence-corrected chi connectivity index (χ2v) is 10.5. The zero-order valence-corrected chi connectivity index (χ0v) is 21.1. The molecule has 2 amide bonds. The second-order valence-electron chi connectivity index (χ2n) is 9.12. The first-order chi connectivity index (χ1) is 14.0. The number of urea groups is 1. The molecule has 9 heteroatoms. The molecule has 0 saturated heterocycles. The van der Waals surface area contributed by atoms with Crippen LogP contribution in [0, 0.1) is 0 Å². The maximum atomic E-state index is 12.4. The summed E-state index contributed by atoms with van der Waals surface area (Å²) in [6, 6.07) is -0.134. The average Bonchev–Trinajstić information content (AvgIpc) is 2.63. The molecule has 0 spiro atoms. The minimum atomic E-state index is -4.35. The number of phosphoric ester groups is 1. The number of amides is 2. The van der Waals surface area contributed by atoms with Crippen LogP contribution < -0.4 is 4.89 Å². The van der Waals surface area contributed by atoms with Crippen LogP contribution in [0.25, 0.3) is 0 Å². The van der Waals surface area contributed by atoms with Crippen molar-refractivity contribution in [1.82, 2.24) is 9.80 Å². The van der Waals surface area contributed by atoms with Crippen LogP contribution in [-0.4, -0.2) is 88.4 Å². The summed E-state index contributed by atoms with van der Waals surface area (Å²) in [6.07, 6.45) is 10.9. The number of likely N-dealkylation sites (N-methyl/N-ethyl adjacent to an activating group) is 1.